The smallest absolute Gasteiger partial charge is 0.307 e. The maximum atomic E-state index is 12.1. The fraction of sp³-hybridized carbons (Fsp3) is 0.263. The zero-order chi connectivity index (χ0) is 17.6. The van der Waals surface area contributed by atoms with E-state index in [1.54, 1.807) is 24.3 Å². The molecule has 1 aliphatic heterocycles. The Balaban J connectivity index is 1.49. The summed E-state index contributed by atoms with van der Waals surface area (Å²) in [6.45, 7) is 1.26. The number of carbonyl (C=O) groups is 2. The second-order valence-electron chi connectivity index (χ2n) is 6.05. The molecule has 1 aliphatic rings. The molecule has 25 heavy (non-hydrogen) atoms. The molecule has 130 valence electrons. The highest BCUT2D eigenvalue weighted by Gasteiger charge is 2.28. The molecule has 1 heterocycles. The summed E-state index contributed by atoms with van der Waals surface area (Å²) in [5.41, 5.74) is 0.680. The number of hydrogen-bond acceptors (Lipinski definition) is 4. The number of anilines is 1. The predicted octanol–water partition coefficient (Wildman–Crippen LogP) is 2.82. The van der Waals surface area contributed by atoms with E-state index in [4.69, 9.17) is 9.84 Å². The fourth-order valence-corrected chi connectivity index (χ4v) is 2.81. The lowest BCUT2D eigenvalue weighted by Crippen LogP contribution is -2.32. The van der Waals surface area contributed by atoms with E-state index >= 15 is 0 Å². The lowest BCUT2D eigenvalue weighted by molar-refractivity contribution is -0.141. The van der Waals surface area contributed by atoms with Gasteiger partial charge < -0.3 is 15.2 Å². The minimum absolute atomic E-state index is 0.150. The number of rotatable bonds is 6. The quantitative estimate of drug-likeness (QED) is 0.845. The third-order valence-corrected chi connectivity index (χ3v) is 4.11. The summed E-state index contributed by atoms with van der Waals surface area (Å²) in [7, 11) is 0. The van der Waals surface area contributed by atoms with Crippen LogP contribution in [0.4, 0.5) is 5.69 Å². The van der Waals surface area contributed by atoms with Crippen LogP contribution in [-0.4, -0.2) is 41.5 Å². The van der Waals surface area contributed by atoms with Gasteiger partial charge in [-0.15, -0.1) is 0 Å². The number of carboxylic acid groups (broad SMARTS) is 1. The third kappa shape index (κ3) is 4.81. The molecule has 0 spiro atoms. The SMILES string of the molecule is O=C(CN1CCC(C(=O)O)C1)Nc1ccc(Oc2ccccc2)cc1. The van der Waals surface area contributed by atoms with Crippen molar-refractivity contribution in [3.8, 4) is 11.5 Å². The monoisotopic (exact) mass is 340 g/mol. The van der Waals surface area contributed by atoms with Crippen LogP contribution in [0.2, 0.25) is 0 Å². The van der Waals surface area contributed by atoms with E-state index in [9.17, 15) is 9.59 Å². The van der Waals surface area contributed by atoms with Gasteiger partial charge in [0.05, 0.1) is 12.5 Å². The number of para-hydroxylation sites is 1. The topological polar surface area (TPSA) is 78.9 Å². The van der Waals surface area contributed by atoms with Gasteiger partial charge in [-0.3, -0.25) is 14.5 Å². The van der Waals surface area contributed by atoms with Gasteiger partial charge in [0, 0.05) is 12.2 Å². The Hall–Kier alpha value is -2.86. The van der Waals surface area contributed by atoms with Gasteiger partial charge in [0.2, 0.25) is 5.91 Å². The highest BCUT2D eigenvalue weighted by atomic mass is 16.5. The number of aliphatic carboxylic acids is 1. The molecule has 0 aromatic heterocycles. The molecule has 0 aliphatic carbocycles. The molecule has 1 unspecified atom stereocenters. The largest absolute Gasteiger partial charge is 0.481 e. The first-order chi connectivity index (χ1) is 12.1. The number of hydrogen-bond donors (Lipinski definition) is 2. The van der Waals surface area contributed by atoms with Crippen LogP contribution in [0.1, 0.15) is 6.42 Å². The molecule has 1 fully saturated rings. The zero-order valence-electron chi connectivity index (χ0n) is 13.7. The maximum absolute atomic E-state index is 12.1. The second kappa shape index (κ2) is 7.81. The van der Waals surface area contributed by atoms with Crippen molar-refractivity contribution in [3.63, 3.8) is 0 Å². The Kier molecular flexibility index (Phi) is 5.30. The van der Waals surface area contributed by atoms with Crippen LogP contribution in [0.25, 0.3) is 0 Å². The predicted molar refractivity (Wildman–Crippen MR) is 93.8 cm³/mol. The van der Waals surface area contributed by atoms with Crippen LogP contribution in [0.15, 0.2) is 54.6 Å². The van der Waals surface area contributed by atoms with Crippen molar-refractivity contribution in [1.82, 2.24) is 4.90 Å². The van der Waals surface area contributed by atoms with Gasteiger partial charge in [-0.2, -0.15) is 0 Å². The van der Waals surface area contributed by atoms with Crippen molar-refractivity contribution >= 4 is 17.6 Å². The zero-order valence-corrected chi connectivity index (χ0v) is 13.7. The number of ether oxygens (including phenoxy) is 1. The van der Waals surface area contributed by atoms with Gasteiger partial charge in [0.25, 0.3) is 0 Å². The van der Waals surface area contributed by atoms with E-state index in [1.165, 1.54) is 0 Å². The van der Waals surface area contributed by atoms with E-state index in [-0.39, 0.29) is 18.4 Å². The van der Waals surface area contributed by atoms with Crippen LogP contribution in [0.5, 0.6) is 11.5 Å². The number of carboxylic acids is 1. The van der Waals surface area contributed by atoms with Gasteiger partial charge in [-0.25, -0.2) is 0 Å². The van der Waals surface area contributed by atoms with Crippen molar-refractivity contribution < 1.29 is 19.4 Å². The van der Waals surface area contributed by atoms with Crippen LogP contribution in [0, 0.1) is 5.92 Å². The number of nitrogens with zero attached hydrogens (tertiary/aromatic N) is 1. The van der Waals surface area contributed by atoms with Crippen LogP contribution < -0.4 is 10.1 Å². The van der Waals surface area contributed by atoms with Gasteiger partial charge in [0.1, 0.15) is 11.5 Å². The Morgan fingerprint density at radius 2 is 1.76 bits per heavy atom. The van der Waals surface area contributed by atoms with Crippen molar-refractivity contribution in [2.45, 2.75) is 6.42 Å². The molecule has 0 bridgehead atoms. The van der Waals surface area contributed by atoms with Crippen LogP contribution in [0.3, 0.4) is 0 Å². The minimum atomic E-state index is -0.795. The lowest BCUT2D eigenvalue weighted by atomic mass is 10.1. The maximum Gasteiger partial charge on any atom is 0.307 e. The van der Waals surface area contributed by atoms with Gasteiger partial charge in [-0.05, 0) is 49.4 Å². The molecule has 6 heteroatoms. The number of benzene rings is 2. The Morgan fingerprint density at radius 1 is 1.08 bits per heavy atom. The van der Waals surface area contributed by atoms with Gasteiger partial charge >= 0.3 is 5.97 Å². The molecule has 0 radical (unpaired) electrons. The van der Waals surface area contributed by atoms with Crippen LogP contribution >= 0.6 is 0 Å². The molecule has 2 N–H and O–H groups in total. The van der Waals surface area contributed by atoms with E-state index in [2.05, 4.69) is 5.32 Å². The van der Waals surface area contributed by atoms with Crippen molar-refractivity contribution in [2.75, 3.05) is 25.0 Å². The lowest BCUT2D eigenvalue weighted by Gasteiger charge is -2.15. The molecule has 1 saturated heterocycles. The number of amides is 1. The molecule has 6 nitrogen and oxygen atoms in total. The third-order valence-electron chi connectivity index (χ3n) is 4.11. The summed E-state index contributed by atoms with van der Waals surface area (Å²) >= 11 is 0. The average molecular weight is 340 g/mol. The van der Waals surface area contributed by atoms with Crippen LogP contribution in [-0.2, 0) is 9.59 Å². The molecular formula is C19H20N2O4. The normalized spacial score (nSPS) is 17.2. The highest BCUT2D eigenvalue weighted by Crippen LogP contribution is 2.22. The summed E-state index contributed by atoms with van der Waals surface area (Å²) in [6, 6.07) is 16.6. The van der Waals surface area contributed by atoms with Crippen molar-refractivity contribution in [1.29, 1.82) is 0 Å². The van der Waals surface area contributed by atoms with Gasteiger partial charge in [-0.1, -0.05) is 18.2 Å². The molecular weight excluding hydrogens is 320 g/mol. The molecule has 3 rings (SSSR count). The first-order valence-electron chi connectivity index (χ1n) is 8.18. The molecule has 1 amide bonds. The molecule has 1 atom stereocenters. The first kappa shape index (κ1) is 17.0. The van der Waals surface area contributed by atoms with Gasteiger partial charge in [0.15, 0.2) is 0 Å². The Morgan fingerprint density at radius 3 is 2.40 bits per heavy atom. The average Bonchev–Trinajstić information content (AvgIpc) is 3.06. The van der Waals surface area contributed by atoms with Crippen molar-refractivity contribution in [3.05, 3.63) is 54.6 Å². The van der Waals surface area contributed by atoms with E-state index in [1.807, 2.05) is 35.2 Å². The summed E-state index contributed by atoms with van der Waals surface area (Å²) in [4.78, 5) is 24.9. The summed E-state index contributed by atoms with van der Waals surface area (Å²) < 4.78 is 5.70. The molecule has 0 saturated carbocycles. The summed E-state index contributed by atoms with van der Waals surface area (Å²) in [5, 5.41) is 11.8. The van der Waals surface area contributed by atoms with E-state index in [0.717, 1.165) is 5.75 Å². The van der Waals surface area contributed by atoms with E-state index < -0.39 is 5.97 Å². The fourth-order valence-electron chi connectivity index (χ4n) is 2.81. The summed E-state index contributed by atoms with van der Waals surface area (Å²) in [5.74, 6) is 0.122. The second-order valence-corrected chi connectivity index (χ2v) is 6.05. The molecule has 2 aromatic rings. The Bertz CT molecular complexity index is 731. The minimum Gasteiger partial charge on any atom is -0.481 e. The standard InChI is InChI=1S/C19H20N2O4/c22-18(13-21-11-10-14(12-21)19(23)24)20-15-6-8-17(9-7-15)25-16-4-2-1-3-5-16/h1-9,14H,10-13H2,(H,20,22)(H,23,24). The molecule has 2 aromatic carbocycles. The Labute approximate surface area is 146 Å². The number of likely N-dealkylation sites (tertiary alicyclic amines) is 1. The van der Waals surface area contributed by atoms with Crippen molar-refractivity contribution in [2.24, 2.45) is 5.92 Å². The number of carbonyl (C=O) groups excluding carboxylic acids is 1. The highest BCUT2D eigenvalue weighted by molar-refractivity contribution is 5.92. The van der Waals surface area contributed by atoms with E-state index in [0.29, 0.717) is 30.9 Å². The summed E-state index contributed by atoms with van der Waals surface area (Å²) in [6.07, 6.45) is 0.591. The first-order valence-corrected chi connectivity index (χ1v) is 8.18. The number of nitrogens with one attached hydrogen (secondary N) is 1.